The van der Waals surface area contributed by atoms with Gasteiger partial charge in [-0.1, -0.05) is 30.7 Å². The third kappa shape index (κ3) is 6.21. The Morgan fingerprint density at radius 2 is 1.77 bits per heavy atom. The molecule has 1 aliphatic rings. The van der Waals surface area contributed by atoms with Crippen molar-refractivity contribution in [3.63, 3.8) is 0 Å². The molecule has 162 valence electrons. The van der Waals surface area contributed by atoms with Gasteiger partial charge in [-0.2, -0.15) is 0 Å². The van der Waals surface area contributed by atoms with E-state index in [9.17, 15) is 13.2 Å². The molecule has 0 unspecified atom stereocenters. The van der Waals surface area contributed by atoms with Gasteiger partial charge in [0.15, 0.2) is 11.5 Å². The van der Waals surface area contributed by atoms with E-state index in [1.807, 2.05) is 31.2 Å². The summed E-state index contributed by atoms with van der Waals surface area (Å²) in [6.07, 6.45) is 2.57. The minimum atomic E-state index is -3.61. The second-order valence-corrected chi connectivity index (χ2v) is 8.98. The standard InChI is InChI=1S/C22H28N2O5S/c1-17-7-4-5-8-18(17)16-23-22(25)9-3-2-6-12-24-30(26,27)19-10-11-20-21(15-19)29-14-13-28-20/h4-5,7-8,10-11,15,24H,2-3,6,9,12-14,16H2,1H3,(H,23,25). The van der Waals surface area contributed by atoms with Crippen molar-refractivity contribution in [2.24, 2.45) is 0 Å². The van der Waals surface area contributed by atoms with Gasteiger partial charge in [-0.05, 0) is 43.0 Å². The molecule has 0 spiro atoms. The molecule has 1 amide bonds. The highest BCUT2D eigenvalue weighted by Gasteiger charge is 2.18. The van der Waals surface area contributed by atoms with Crippen molar-refractivity contribution in [2.45, 2.75) is 44.0 Å². The van der Waals surface area contributed by atoms with Crippen LogP contribution in [0.15, 0.2) is 47.4 Å². The smallest absolute Gasteiger partial charge is 0.240 e. The van der Waals surface area contributed by atoms with Gasteiger partial charge in [0.2, 0.25) is 15.9 Å². The molecule has 30 heavy (non-hydrogen) atoms. The van der Waals surface area contributed by atoms with Crippen molar-refractivity contribution >= 4 is 15.9 Å². The fourth-order valence-electron chi connectivity index (χ4n) is 3.16. The zero-order valence-corrected chi connectivity index (χ0v) is 18.0. The van der Waals surface area contributed by atoms with E-state index in [4.69, 9.17) is 9.47 Å². The molecule has 2 N–H and O–H groups in total. The highest BCUT2D eigenvalue weighted by atomic mass is 32.2. The number of hydrogen-bond acceptors (Lipinski definition) is 5. The van der Waals surface area contributed by atoms with E-state index >= 15 is 0 Å². The molecule has 1 aliphatic heterocycles. The number of benzene rings is 2. The van der Waals surface area contributed by atoms with Crippen LogP contribution in [0, 0.1) is 6.92 Å². The maximum Gasteiger partial charge on any atom is 0.240 e. The lowest BCUT2D eigenvalue weighted by Crippen LogP contribution is -2.25. The first-order chi connectivity index (χ1) is 14.5. The summed E-state index contributed by atoms with van der Waals surface area (Å²) in [5, 5.41) is 2.93. The van der Waals surface area contributed by atoms with Crippen LogP contribution in [0.5, 0.6) is 11.5 Å². The fraction of sp³-hybridized carbons (Fsp3) is 0.409. The normalized spacial score (nSPS) is 13.1. The third-order valence-corrected chi connectivity index (χ3v) is 6.39. The molecule has 2 aromatic rings. The molecule has 0 fully saturated rings. The number of fused-ring (bicyclic) bond motifs is 1. The summed E-state index contributed by atoms with van der Waals surface area (Å²) in [5.74, 6) is 1.01. The Labute approximate surface area is 177 Å². The van der Waals surface area contributed by atoms with Gasteiger partial charge in [0, 0.05) is 25.6 Å². The Bertz CT molecular complexity index is 975. The molecule has 0 radical (unpaired) electrons. The summed E-state index contributed by atoms with van der Waals surface area (Å²) in [4.78, 5) is 12.1. The summed E-state index contributed by atoms with van der Waals surface area (Å²) in [6.45, 7) is 3.74. The summed E-state index contributed by atoms with van der Waals surface area (Å²) >= 11 is 0. The molecule has 8 heteroatoms. The summed E-state index contributed by atoms with van der Waals surface area (Å²) < 4.78 is 38.3. The first-order valence-corrected chi connectivity index (χ1v) is 11.6. The van der Waals surface area contributed by atoms with Gasteiger partial charge in [0.25, 0.3) is 0 Å². The number of aryl methyl sites for hydroxylation is 1. The van der Waals surface area contributed by atoms with Gasteiger partial charge in [0.1, 0.15) is 13.2 Å². The van der Waals surface area contributed by atoms with E-state index in [1.165, 1.54) is 12.1 Å². The van der Waals surface area contributed by atoms with Crippen LogP contribution in [-0.2, 0) is 21.4 Å². The van der Waals surface area contributed by atoms with Gasteiger partial charge in [-0.15, -0.1) is 0 Å². The molecule has 0 atom stereocenters. The van der Waals surface area contributed by atoms with Crippen LogP contribution < -0.4 is 19.5 Å². The van der Waals surface area contributed by atoms with E-state index in [2.05, 4.69) is 10.0 Å². The van der Waals surface area contributed by atoms with E-state index < -0.39 is 10.0 Å². The van der Waals surface area contributed by atoms with E-state index in [-0.39, 0.29) is 10.8 Å². The largest absolute Gasteiger partial charge is 0.486 e. The Balaban J connectivity index is 1.34. The molecule has 1 heterocycles. The van der Waals surface area contributed by atoms with Gasteiger partial charge in [-0.25, -0.2) is 13.1 Å². The molecule has 2 aromatic carbocycles. The lowest BCUT2D eigenvalue weighted by molar-refractivity contribution is -0.121. The lowest BCUT2D eigenvalue weighted by atomic mass is 10.1. The molecule has 0 saturated heterocycles. The summed E-state index contributed by atoms with van der Waals surface area (Å²) in [6, 6.07) is 12.6. The average molecular weight is 433 g/mol. The minimum Gasteiger partial charge on any atom is -0.486 e. The second kappa shape index (κ2) is 10.4. The van der Waals surface area contributed by atoms with Gasteiger partial charge < -0.3 is 14.8 Å². The first-order valence-electron chi connectivity index (χ1n) is 10.2. The highest BCUT2D eigenvalue weighted by molar-refractivity contribution is 7.89. The summed E-state index contributed by atoms with van der Waals surface area (Å²) in [7, 11) is -3.61. The number of nitrogens with one attached hydrogen (secondary N) is 2. The maximum atomic E-state index is 12.4. The Hall–Kier alpha value is -2.58. The van der Waals surface area contributed by atoms with Crippen LogP contribution >= 0.6 is 0 Å². The number of carbonyl (C=O) groups is 1. The van der Waals surface area contributed by atoms with Crippen LogP contribution in [0.25, 0.3) is 0 Å². The number of unbranched alkanes of at least 4 members (excludes halogenated alkanes) is 2. The molecule has 7 nitrogen and oxygen atoms in total. The molecule has 3 rings (SSSR count). The quantitative estimate of drug-likeness (QED) is 0.563. The Morgan fingerprint density at radius 1 is 1.00 bits per heavy atom. The van der Waals surface area contributed by atoms with E-state index in [1.54, 1.807) is 6.07 Å². The van der Waals surface area contributed by atoms with Gasteiger partial charge in [0.05, 0.1) is 4.90 Å². The molecular formula is C22H28N2O5S. The third-order valence-electron chi connectivity index (χ3n) is 4.93. The number of sulfonamides is 1. The number of amides is 1. The molecule has 0 aromatic heterocycles. The summed E-state index contributed by atoms with van der Waals surface area (Å²) in [5.41, 5.74) is 2.27. The lowest BCUT2D eigenvalue weighted by Gasteiger charge is -2.18. The van der Waals surface area contributed by atoms with Crippen LogP contribution in [0.1, 0.15) is 36.8 Å². The second-order valence-electron chi connectivity index (χ2n) is 7.22. The topological polar surface area (TPSA) is 93.7 Å². The van der Waals surface area contributed by atoms with Crippen molar-refractivity contribution < 1.29 is 22.7 Å². The Kier molecular flexibility index (Phi) is 7.70. The predicted octanol–water partition coefficient (Wildman–Crippen LogP) is 2.92. The van der Waals surface area contributed by atoms with Gasteiger partial charge in [-0.3, -0.25) is 4.79 Å². The molecule has 0 saturated carbocycles. The van der Waals surface area contributed by atoms with E-state index in [0.29, 0.717) is 57.1 Å². The fourth-order valence-corrected chi connectivity index (χ4v) is 4.25. The molecular weight excluding hydrogens is 404 g/mol. The van der Waals surface area contributed by atoms with E-state index in [0.717, 1.165) is 17.5 Å². The van der Waals surface area contributed by atoms with Crippen LogP contribution in [0.3, 0.4) is 0 Å². The van der Waals surface area contributed by atoms with Crippen LogP contribution in [-0.4, -0.2) is 34.1 Å². The van der Waals surface area contributed by atoms with Crippen molar-refractivity contribution in [2.75, 3.05) is 19.8 Å². The first kappa shape index (κ1) is 22.1. The number of carbonyl (C=O) groups excluding carboxylic acids is 1. The average Bonchev–Trinajstić information content (AvgIpc) is 2.75. The maximum absolute atomic E-state index is 12.4. The predicted molar refractivity (Wildman–Crippen MR) is 114 cm³/mol. The van der Waals surface area contributed by atoms with Crippen LogP contribution in [0.2, 0.25) is 0 Å². The van der Waals surface area contributed by atoms with Crippen LogP contribution in [0.4, 0.5) is 0 Å². The van der Waals surface area contributed by atoms with Crippen molar-refractivity contribution in [1.82, 2.24) is 10.0 Å². The van der Waals surface area contributed by atoms with Crippen molar-refractivity contribution in [3.8, 4) is 11.5 Å². The monoisotopic (exact) mass is 432 g/mol. The van der Waals surface area contributed by atoms with Gasteiger partial charge >= 0.3 is 0 Å². The zero-order chi connectivity index (χ0) is 21.4. The SMILES string of the molecule is Cc1ccccc1CNC(=O)CCCCCNS(=O)(=O)c1ccc2c(c1)OCCO2. The van der Waals surface area contributed by atoms with Crippen molar-refractivity contribution in [3.05, 3.63) is 53.6 Å². The molecule has 0 bridgehead atoms. The number of hydrogen-bond donors (Lipinski definition) is 2. The highest BCUT2D eigenvalue weighted by Crippen LogP contribution is 2.32. The minimum absolute atomic E-state index is 0.00936. The Morgan fingerprint density at radius 3 is 2.57 bits per heavy atom. The molecule has 0 aliphatic carbocycles. The number of rotatable bonds is 10. The van der Waals surface area contributed by atoms with Crippen molar-refractivity contribution in [1.29, 1.82) is 0 Å². The zero-order valence-electron chi connectivity index (χ0n) is 17.1. The number of ether oxygens (including phenoxy) is 2.